The molecule has 0 aromatic heterocycles. The Kier molecular flexibility index (Phi) is 5.59. The van der Waals surface area contributed by atoms with Crippen molar-refractivity contribution in [1.82, 2.24) is 0 Å². The van der Waals surface area contributed by atoms with Crippen molar-refractivity contribution in [3.05, 3.63) is 41.5 Å². The molecular weight excluding hydrogens is 271 g/mol. The molecule has 0 unspecified atom stereocenters. The first-order valence-electron chi connectivity index (χ1n) is 5.97. The van der Waals surface area contributed by atoms with Crippen LogP contribution in [0.2, 0.25) is 0 Å². The Morgan fingerprint density at radius 3 is 2.26 bits per heavy atom. The minimum Gasteiger partial charge on any atom is -0.744 e. The van der Waals surface area contributed by atoms with E-state index >= 15 is 0 Å². The van der Waals surface area contributed by atoms with Crippen LogP contribution < -0.4 is 29.6 Å². The zero-order chi connectivity index (χ0) is 13.3. The van der Waals surface area contributed by atoms with Crippen LogP contribution in [0, 0.1) is 0 Å². The summed E-state index contributed by atoms with van der Waals surface area (Å²) in [5.41, 5.74) is 2.10. The molecule has 0 saturated carbocycles. The molecule has 0 spiro atoms. The molecule has 19 heavy (non-hydrogen) atoms. The van der Waals surface area contributed by atoms with Gasteiger partial charge in [-0.15, -0.1) is 0 Å². The van der Waals surface area contributed by atoms with Gasteiger partial charge in [0.2, 0.25) is 0 Å². The van der Waals surface area contributed by atoms with Crippen molar-refractivity contribution in [3.8, 4) is 0 Å². The summed E-state index contributed by atoms with van der Waals surface area (Å²) in [6.07, 6.45) is 1.63. The summed E-state index contributed by atoms with van der Waals surface area (Å²) in [5.74, 6) is 0. The van der Waals surface area contributed by atoms with Crippen LogP contribution in [0.4, 0.5) is 0 Å². The summed E-state index contributed by atoms with van der Waals surface area (Å²) in [6.45, 7) is 4.03. The zero-order valence-electron chi connectivity index (χ0n) is 11.4. The second-order valence-electron chi connectivity index (χ2n) is 4.30. The Morgan fingerprint density at radius 1 is 1.05 bits per heavy atom. The largest absolute Gasteiger partial charge is 1.00 e. The molecule has 2 aromatic carbocycles. The fourth-order valence-corrected chi connectivity index (χ4v) is 2.67. The third-order valence-corrected chi connectivity index (χ3v) is 3.97. The van der Waals surface area contributed by atoms with E-state index in [0.29, 0.717) is 6.42 Å². The van der Waals surface area contributed by atoms with Gasteiger partial charge in [-0.3, -0.25) is 0 Å². The molecule has 0 bridgehead atoms. The first-order valence-corrected chi connectivity index (χ1v) is 7.38. The third-order valence-electron chi connectivity index (χ3n) is 3.16. The maximum atomic E-state index is 11.1. The van der Waals surface area contributed by atoms with Crippen molar-refractivity contribution in [3.63, 3.8) is 0 Å². The van der Waals surface area contributed by atoms with E-state index in [9.17, 15) is 13.0 Å². The van der Waals surface area contributed by atoms with E-state index in [1.807, 2.05) is 19.1 Å². The first-order chi connectivity index (χ1) is 8.45. The van der Waals surface area contributed by atoms with Gasteiger partial charge in [-0.05, 0) is 46.9 Å². The average Bonchev–Trinajstić information content (AvgIpc) is 2.35. The molecule has 0 aliphatic rings. The summed E-state index contributed by atoms with van der Waals surface area (Å²) < 4.78 is 33.3. The molecule has 0 amide bonds. The van der Waals surface area contributed by atoms with Crippen LogP contribution in [0.5, 0.6) is 0 Å². The molecule has 2 rings (SSSR count). The van der Waals surface area contributed by atoms with Gasteiger partial charge in [0.15, 0.2) is 0 Å². The minimum atomic E-state index is -4.39. The van der Waals surface area contributed by atoms with E-state index in [1.165, 1.54) is 17.7 Å². The van der Waals surface area contributed by atoms with Crippen molar-refractivity contribution >= 4 is 20.9 Å². The molecular formula is C14H15NaO3S. The zero-order valence-corrected chi connectivity index (χ0v) is 14.3. The normalized spacial score (nSPS) is 11.3. The maximum Gasteiger partial charge on any atom is 1.00 e. The summed E-state index contributed by atoms with van der Waals surface area (Å²) >= 11 is 0. The van der Waals surface area contributed by atoms with Crippen LogP contribution in [-0.4, -0.2) is 13.0 Å². The third kappa shape index (κ3) is 3.58. The molecule has 5 heteroatoms. The van der Waals surface area contributed by atoms with Gasteiger partial charge in [0.25, 0.3) is 0 Å². The molecule has 0 fully saturated rings. The molecule has 0 aliphatic heterocycles. The van der Waals surface area contributed by atoms with Crippen LogP contribution in [-0.2, 0) is 23.0 Å². The SMILES string of the molecule is CCc1ccc2cc(S(=O)(=O)[O-])cc(CC)c2c1.[Na+]. The fourth-order valence-electron chi connectivity index (χ4n) is 2.11. The van der Waals surface area contributed by atoms with Gasteiger partial charge in [0.05, 0.1) is 4.90 Å². The molecule has 0 atom stereocenters. The second-order valence-corrected chi connectivity index (χ2v) is 5.68. The number of rotatable bonds is 3. The molecule has 0 saturated heterocycles. The number of hydrogen-bond acceptors (Lipinski definition) is 3. The Balaban J connectivity index is 0.00000180. The molecule has 0 aliphatic carbocycles. The summed E-state index contributed by atoms with van der Waals surface area (Å²) in [5, 5.41) is 1.84. The van der Waals surface area contributed by atoms with Crippen LogP contribution in [0.3, 0.4) is 0 Å². The topological polar surface area (TPSA) is 57.2 Å². The first kappa shape index (κ1) is 16.7. The van der Waals surface area contributed by atoms with Crippen molar-refractivity contribution in [2.45, 2.75) is 31.6 Å². The Bertz CT molecular complexity index is 693. The standard InChI is InChI=1S/C14H16O3S.Na/c1-3-10-5-6-12-9-13(18(15,16)17)8-11(4-2)14(12)7-10;/h5-9H,3-4H2,1-2H3,(H,15,16,17);/q;+1/p-1. The van der Waals surface area contributed by atoms with Gasteiger partial charge in [0, 0.05) is 0 Å². The van der Waals surface area contributed by atoms with Crippen molar-refractivity contribution in [2.24, 2.45) is 0 Å². The quantitative estimate of drug-likeness (QED) is 0.583. The number of hydrogen-bond donors (Lipinski definition) is 0. The maximum absolute atomic E-state index is 11.1. The van der Waals surface area contributed by atoms with Crippen molar-refractivity contribution < 1.29 is 42.5 Å². The van der Waals surface area contributed by atoms with Gasteiger partial charge < -0.3 is 4.55 Å². The Morgan fingerprint density at radius 2 is 1.74 bits per heavy atom. The molecule has 96 valence electrons. The smallest absolute Gasteiger partial charge is 0.744 e. The minimum absolute atomic E-state index is 0. The average molecular weight is 286 g/mol. The molecule has 0 heterocycles. The molecule has 0 N–H and O–H groups in total. The van der Waals surface area contributed by atoms with Gasteiger partial charge in [-0.1, -0.05) is 32.0 Å². The summed E-state index contributed by atoms with van der Waals surface area (Å²) in [7, 11) is -4.39. The van der Waals surface area contributed by atoms with Gasteiger partial charge >= 0.3 is 29.6 Å². The van der Waals surface area contributed by atoms with Crippen molar-refractivity contribution in [2.75, 3.05) is 0 Å². The van der Waals surface area contributed by atoms with Crippen LogP contribution in [0.1, 0.15) is 25.0 Å². The number of aryl methyl sites for hydroxylation is 2. The van der Waals surface area contributed by atoms with Crippen molar-refractivity contribution in [1.29, 1.82) is 0 Å². The van der Waals surface area contributed by atoms with Crippen LogP contribution in [0.25, 0.3) is 10.8 Å². The van der Waals surface area contributed by atoms with E-state index in [4.69, 9.17) is 0 Å². The van der Waals surface area contributed by atoms with Gasteiger partial charge in [0.1, 0.15) is 10.1 Å². The molecule has 0 radical (unpaired) electrons. The second kappa shape index (κ2) is 6.37. The Hall–Kier alpha value is -0.390. The predicted molar refractivity (Wildman–Crippen MR) is 70.7 cm³/mol. The van der Waals surface area contributed by atoms with Gasteiger partial charge in [-0.2, -0.15) is 0 Å². The van der Waals surface area contributed by atoms with E-state index in [-0.39, 0.29) is 34.5 Å². The monoisotopic (exact) mass is 286 g/mol. The summed E-state index contributed by atoms with van der Waals surface area (Å²) in [6, 6.07) is 8.85. The Labute approximate surface area is 136 Å². The fraction of sp³-hybridized carbons (Fsp3) is 0.286. The number of benzene rings is 2. The molecule has 2 aromatic rings. The predicted octanol–water partition coefficient (Wildman–Crippen LogP) is -0.127. The van der Waals surface area contributed by atoms with Gasteiger partial charge in [-0.25, -0.2) is 8.42 Å². The van der Waals surface area contributed by atoms with E-state index in [1.54, 1.807) is 0 Å². The van der Waals surface area contributed by atoms with E-state index in [0.717, 1.165) is 22.8 Å². The van der Waals surface area contributed by atoms with E-state index in [2.05, 4.69) is 13.0 Å². The number of fused-ring (bicyclic) bond motifs is 1. The molecule has 3 nitrogen and oxygen atoms in total. The van der Waals surface area contributed by atoms with Crippen LogP contribution in [0.15, 0.2) is 35.2 Å². The van der Waals surface area contributed by atoms with Crippen LogP contribution >= 0.6 is 0 Å². The summed E-state index contributed by atoms with van der Waals surface area (Å²) in [4.78, 5) is -0.143. The van der Waals surface area contributed by atoms with E-state index < -0.39 is 10.1 Å².